The molecule has 2 aromatic carbocycles. The van der Waals surface area contributed by atoms with Crippen LogP contribution in [-0.2, 0) is 11.3 Å². The predicted molar refractivity (Wildman–Crippen MR) is 115 cm³/mol. The molecule has 0 unspecified atom stereocenters. The van der Waals surface area contributed by atoms with E-state index in [4.69, 9.17) is 14.0 Å². The summed E-state index contributed by atoms with van der Waals surface area (Å²) in [7, 11) is 0. The molecule has 0 fully saturated rings. The highest BCUT2D eigenvalue weighted by Crippen LogP contribution is 2.32. The topological polar surface area (TPSA) is 99.4 Å². The van der Waals surface area contributed by atoms with Crippen LogP contribution in [0.1, 0.15) is 18.3 Å². The first-order chi connectivity index (χ1) is 15.1. The van der Waals surface area contributed by atoms with Gasteiger partial charge in [-0.15, -0.1) is 0 Å². The van der Waals surface area contributed by atoms with Crippen LogP contribution in [0.4, 0.5) is 0 Å². The molecule has 0 aliphatic carbocycles. The van der Waals surface area contributed by atoms with Crippen LogP contribution in [0.2, 0.25) is 0 Å². The number of amides is 1. The van der Waals surface area contributed by atoms with Crippen molar-refractivity contribution in [3.8, 4) is 22.9 Å². The van der Waals surface area contributed by atoms with Gasteiger partial charge in [0.1, 0.15) is 22.7 Å². The molecule has 0 aliphatic heterocycles. The molecule has 4 rings (SSSR count). The van der Waals surface area contributed by atoms with Crippen molar-refractivity contribution in [3.63, 3.8) is 0 Å². The maximum absolute atomic E-state index is 12.3. The summed E-state index contributed by atoms with van der Waals surface area (Å²) in [6.07, 6.45) is 0. The van der Waals surface area contributed by atoms with Gasteiger partial charge in [0.05, 0.1) is 6.61 Å². The second kappa shape index (κ2) is 9.25. The quantitative estimate of drug-likeness (QED) is 0.466. The van der Waals surface area contributed by atoms with Crippen LogP contribution in [0.3, 0.4) is 0 Å². The maximum Gasteiger partial charge on any atom is 0.265 e. The number of benzene rings is 2. The summed E-state index contributed by atoms with van der Waals surface area (Å²) in [5.41, 5.74) is 2.69. The van der Waals surface area contributed by atoms with E-state index in [-0.39, 0.29) is 18.4 Å². The second-order valence-electron chi connectivity index (χ2n) is 6.80. The van der Waals surface area contributed by atoms with Gasteiger partial charge in [-0.3, -0.25) is 4.79 Å². The minimum absolute atomic E-state index is 0.192. The van der Waals surface area contributed by atoms with Crippen LogP contribution in [0, 0.1) is 6.92 Å². The molecule has 8 nitrogen and oxygen atoms in total. The lowest BCUT2D eigenvalue weighted by Crippen LogP contribution is -2.28. The Morgan fingerprint density at radius 2 is 1.81 bits per heavy atom. The number of rotatable bonds is 8. The van der Waals surface area contributed by atoms with Gasteiger partial charge in [-0.25, -0.2) is 0 Å². The van der Waals surface area contributed by atoms with E-state index in [1.165, 1.54) is 0 Å². The summed E-state index contributed by atoms with van der Waals surface area (Å²) < 4.78 is 16.5. The van der Waals surface area contributed by atoms with Crippen molar-refractivity contribution in [2.45, 2.75) is 20.4 Å². The van der Waals surface area contributed by atoms with E-state index < -0.39 is 0 Å². The van der Waals surface area contributed by atoms with Crippen molar-refractivity contribution in [1.29, 1.82) is 0 Å². The minimum atomic E-state index is -0.268. The smallest absolute Gasteiger partial charge is 0.265 e. The second-order valence-corrected chi connectivity index (χ2v) is 6.80. The number of carbonyl (C=O) groups is 1. The van der Waals surface area contributed by atoms with Crippen molar-refractivity contribution in [2.75, 3.05) is 13.2 Å². The molecule has 1 N–H and O–H groups in total. The van der Waals surface area contributed by atoms with Gasteiger partial charge in [-0.1, -0.05) is 47.6 Å². The highest BCUT2D eigenvalue weighted by atomic mass is 16.5. The summed E-state index contributed by atoms with van der Waals surface area (Å²) in [6.45, 7) is 4.46. The molecular formula is C23H22N4O4. The van der Waals surface area contributed by atoms with Crippen LogP contribution >= 0.6 is 0 Å². The molecule has 31 heavy (non-hydrogen) atoms. The summed E-state index contributed by atoms with van der Waals surface area (Å²) in [5, 5.41) is 7.50. The van der Waals surface area contributed by atoms with Gasteiger partial charge in [0.25, 0.3) is 11.6 Å². The number of nitrogens with zero attached hydrogens (tertiary/aromatic N) is 3. The third-order valence-corrected chi connectivity index (χ3v) is 4.53. The van der Waals surface area contributed by atoms with Gasteiger partial charge < -0.3 is 19.3 Å². The molecule has 0 saturated carbocycles. The zero-order chi connectivity index (χ0) is 21.6. The van der Waals surface area contributed by atoms with E-state index in [0.29, 0.717) is 35.8 Å². The van der Waals surface area contributed by atoms with Gasteiger partial charge in [0.2, 0.25) is 5.88 Å². The molecule has 1 amide bonds. The standard InChI is InChI=1S/C23H22N4O4/c1-3-29-18-11-9-16(10-12-18)13-24-19(28)14-30-22-20-21(17-7-5-4-6-8-17)27-31-23(20)26-15(2)25-22/h4-12H,3,13-14H2,1-2H3,(H,24,28). The van der Waals surface area contributed by atoms with Gasteiger partial charge in [0.15, 0.2) is 6.61 Å². The number of hydrogen-bond donors (Lipinski definition) is 1. The van der Waals surface area contributed by atoms with E-state index in [1.807, 2.05) is 61.5 Å². The molecule has 2 aromatic heterocycles. The van der Waals surface area contributed by atoms with Crippen molar-refractivity contribution < 1.29 is 18.8 Å². The SMILES string of the molecule is CCOc1ccc(CNC(=O)COc2nc(C)nc3onc(-c4ccccc4)c23)cc1. The Bertz CT molecular complexity index is 1170. The minimum Gasteiger partial charge on any atom is -0.494 e. The fraction of sp³-hybridized carbons (Fsp3) is 0.217. The number of aromatic nitrogens is 3. The van der Waals surface area contributed by atoms with E-state index in [0.717, 1.165) is 16.9 Å². The third-order valence-electron chi connectivity index (χ3n) is 4.53. The molecule has 4 aromatic rings. The summed E-state index contributed by atoms with van der Waals surface area (Å²) in [5.74, 6) is 1.26. The zero-order valence-corrected chi connectivity index (χ0v) is 17.3. The molecule has 0 saturated heterocycles. The molecule has 0 bridgehead atoms. The zero-order valence-electron chi connectivity index (χ0n) is 17.3. The molecule has 158 valence electrons. The first-order valence-electron chi connectivity index (χ1n) is 9.94. The Labute approximate surface area is 179 Å². The fourth-order valence-electron chi connectivity index (χ4n) is 3.08. The maximum atomic E-state index is 12.3. The first-order valence-corrected chi connectivity index (χ1v) is 9.94. The third kappa shape index (κ3) is 4.80. The van der Waals surface area contributed by atoms with Crippen LogP contribution in [0.5, 0.6) is 11.6 Å². The molecule has 0 radical (unpaired) electrons. The van der Waals surface area contributed by atoms with Crippen molar-refractivity contribution >= 4 is 17.0 Å². The number of aryl methyl sites for hydroxylation is 1. The molecule has 0 aliphatic rings. The number of carbonyl (C=O) groups excluding carboxylic acids is 1. The van der Waals surface area contributed by atoms with Gasteiger partial charge in [-0.05, 0) is 31.5 Å². The molecule has 0 atom stereocenters. The van der Waals surface area contributed by atoms with E-state index in [1.54, 1.807) is 6.92 Å². The van der Waals surface area contributed by atoms with Crippen molar-refractivity contribution in [1.82, 2.24) is 20.4 Å². The Hall–Kier alpha value is -3.94. The normalized spacial score (nSPS) is 10.8. The number of nitrogens with one attached hydrogen (secondary N) is 1. The Balaban J connectivity index is 1.44. The number of fused-ring (bicyclic) bond motifs is 1. The van der Waals surface area contributed by atoms with Gasteiger partial charge in [0, 0.05) is 12.1 Å². The monoisotopic (exact) mass is 418 g/mol. The number of ether oxygens (including phenoxy) is 2. The molecule has 8 heteroatoms. The average molecular weight is 418 g/mol. The summed E-state index contributed by atoms with van der Waals surface area (Å²) in [4.78, 5) is 21.0. The van der Waals surface area contributed by atoms with E-state index in [2.05, 4.69) is 20.4 Å². The highest BCUT2D eigenvalue weighted by molar-refractivity contribution is 5.93. The highest BCUT2D eigenvalue weighted by Gasteiger charge is 2.19. The van der Waals surface area contributed by atoms with Gasteiger partial charge in [-0.2, -0.15) is 9.97 Å². The Morgan fingerprint density at radius 1 is 1.03 bits per heavy atom. The van der Waals surface area contributed by atoms with Gasteiger partial charge >= 0.3 is 0 Å². The van der Waals surface area contributed by atoms with Crippen molar-refractivity contribution in [2.24, 2.45) is 0 Å². The molecular weight excluding hydrogens is 396 g/mol. The molecule has 2 heterocycles. The van der Waals surface area contributed by atoms with Crippen LogP contribution in [-0.4, -0.2) is 34.2 Å². The van der Waals surface area contributed by atoms with Crippen molar-refractivity contribution in [3.05, 3.63) is 66.0 Å². The lowest BCUT2D eigenvalue weighted by Gasteiger charge is -2.09. The van der Waals surface area contributed by atoms with E-state index >= 15 is 0 Å². The predicted octanol–water partition coefficient (Wildman–Crippen LogP) is 3.69. The number of hydrogen-bond acceptors (Lipinski definition) is 7. The molecule has 0 spiro atoms. The average Bonchev–Trinajstić information content (AvgIpc) is 3.21. The van der Waals surface area contributed by atoms with Crippen LogP contribution in [0.15, 0.2) is 59.1 Å². The summed E-state index contributed by atoms with van der Waals surface area (Å²) >= 11 is 0. The lowest BCUT2D eigenvalue weighted by atomic mass is 10.1. The first kappa shape index (κ1) is 20.3. The Morgan fingerprint density at radius 3 is 2.55 bits per heavy atom. The van der Waals surface area contributed by atoms with Crippen LogP contribution < -0.4 is 14.8 Å². The largest absolute Gasteiger partial charge is 0.494 e. The van der Waals surface area contributed by atoms with E-state index in [9.17, 15) is 4.79 Å². The lowest BCUT2D eigenvalue weighted by molar-refractivity contribution is -0.123. The fourth-order valence-corrected chi connectivity index (χ4v) is 3.08. The summed E-state index contributed by atoms with van der Waals surface area (Å²) in [6, 6.07) is 17.1. The van der Waals surface area contributed by atoms with Crippen LogP contribution in [0.25, 0.3) is 22.4 Å². The Kier molecular flexibility index (Phi) is 6.07.